The summed E-state index contributed by atoms with van der Waals surface area (Å²) in [6, 6.07) is 7.06. The number of fused-ring (bicyclic) bond motifs is 1. The molecule has 2 aromatic rings. The van der Waals surface area contributed by atoms with E-state index in [0.29, 0.717) is 55.0 Å². The van der Waals surface area contributed by atoms with Crippen molar-refractivity contribution >= 4 is 29.1 Å². The predicted octanol–water partition coefficient (Wildman–Crippen LogP) is 1.92. The Kier molecular flexibility index (Phi) is 7.40. The standard InChI is InChI=1S/C20H24ClN5O3/c1-29-12-9-22-8-4-7-19(27)25-10-11-26-17(13-23-18(26)14-25)20(28)24-16-6-3-2-5-15(16)21/h2-7,13,22H,8-12,14H2,1H3,(H,24,28)/b7-4+. The van der Waals surface area contributed by atoms with Gasteiger partial charge in [0, 0.05) is 39.4 Å². The van der Waals surface area contributed by atoms with Crippen LogP contribution in [0.15, 0.2) is 42.6 Å². The van der Waals surface area contributed by atoms with Gasteiger partial charge in [-0.2, -0.15) is 0 Å². The van der Waals surface area contributed by atoms with Crippen LogP contribution in [0.2, 0.25) is 5.02 Å². The van der Waals surface area contributed by atoms with E-state index < -0.39 is 0 Å². The third kappa shape index (κ3) is 5.44. The molecule has 2 amide bonds. The van der Waals surface area contributed by atoms with Crippen molar-refractivity contribution < 1.29 is 14.3 Å². The number of aromatic nitrogens is 2. The number of nitrogens with one attached hydrogen (secondary N) is 2. The van der Waals surface area contributed by atoms with Crippen molar-refractivity contribution in [3.05, 3.63) is 59.2 Å². The van der Waals surface area contributed by atoms with Crippen LogP contribution in [0, 0.1) is 0 Å². The molecular formula is C20H24ClN5O3. The number of amides is 2. The van der Waals surface area contributed by atoms with E-state index in [1.807, 2.05) is 4.57 Å². The minimum Gasteiger partial charge on any atom is -0.383 e. The van der Waals surface area contributed by atoms with Gasteiger partial charge in [0.2, 0.25) is 5.91 Å². The normalized spacial score (nSPS) is 13.5. The number of para-hydroxylation sites is 1. The van der Waals surface area contributed by atoms with Crippen LogP contribution >= 0.6 is 11.6 Å². The van der Waals surface area contributed by atoms with Gasteiger partial charge < -0.3 is 24.8 Å². The molecule has 1 aromatic heterocycles. The maximum atomic E-state index is 12.6. The Bertz CT molecular complexity index is 896. The minimum atomic E-state index is -0.279. The van der Waals surface area contributed by atoms with Crippen LogP contribution in [0.4, 0.5) is 5.69 Å². The SMILES string of the molecule is COCCNC/C=C/C(=O)N1CCn2c(C(=O)Nc3ccccc3Cl)cnc2C1. The van der Waals surface area contributed by atoms with Crippen LogP contribution in [0.3, 0.4) is 0 Å². The Morgan fingerprint density at radius 1 is 1.31 bits per heavy atom. The number of hydrogen-bond acceptors (Lipinski definition) is 5. The number of hydrogen-bond donors (Lipinski definition) is 2. The maximum absolute atomic E-state index is 12.6. The van der Waals surface area contributed by atoms with Gasteiger partial charge >= 0.3 is 0 Å². The number of rotatable bonds is 8. The van der Waals surface area contributed by atoms with E-state index in [-0.39, 0.29) is 11.8 Å². The van der Waals surface area contributed by atoms with Gasteiger partial charge in [-0.1, -0.05) is 29.8 Å². The van der Waals surface area contributed by atoms with Crippen LogP contribution in [-0.2, 0) is 22.6 Å². The summed E-state index contributed by atoms with van der Waals surface area (Å²) in [6.07, 6.45) is 4.88. The molecule has 2 heterocycles. The number of imidazole rings is 1. The topological polar surface area (TPSA) is 88.5 Å². The molecule has 0 aliphatic carbocycles. The highest BCUT2D eigenvalue weighted by Gasteiger charge is 2.24. The lowest BCUT2D eigenvalue weighted by Crippen LogP contribution is -2.38. The van der Waals surface area contributed by atoms with Crippen molar-refractivity contribution in [2.24, 2.45) is 0 Å². The molecule has 1 aliphatic rings. The summed E-state index contributed by atoms with van der Waals surface area (Å²) < 4.78 is 6.79. The molecule has 0 saturated heterocycles. The lowest BCUT2D eigenvalue weighted by atomic mass is 10.3. The largest absolute Gasteiger partial charge is 0.383 e. The van der Waals surface area contributed by atoms with E-state index in [4.69, 9.17) is 16.3 Å². The molecule has 2 N–H and O–H groups in total. The molecule has 154 valence electrons. The van der Waals surface area contributed by atoms with Crippen LogP contribution in [-0.4, -0.2) is 59.6 Å². The van der Waals surface area contributed by atoms with E-state index in [1.165, 1.54) is 6.20 Å². The Labute approximate surface area is 174 Å². The molecule has 0 spiro atoms. The Morgan fingerprint density at radius 2 is 2.14 bits per heavy atom. The van der Waals surface area contributed by atoms with Gasteiger partial charge in [-0.3, -0.25) is 9.59 Å². The molecule has 0 unspecified atom stereocenters. The zero-order valence-electron chi connectivity index (χ0n) is 16.2. The smallest absolute Gasteiger partial charge is 0.273 e. The summed E-state index contributed by atoms with van der Waals surface area (Å²) >= 11 is 6.11. The second kappa shape index (κ2) is 10.2. The second-order valence-corrected chi connectivity index (χ2v) is 6.91. The fourth-order valence-electron chi connectivity index (χ4n) is 3.00. The molecule has 1 aliphatic heterocycles. The van der Waals surface area contributed by atoms with Gasteiger partial charge in [0.1, 0.15) is 11.5 Å². The summed E-state index contributed by atoms with van der Waals surface area (Å²) in [5.74, 6) is 0.328. The minimum absolute atomic E-state index is 0.0742. The summed E-state index contributed by atoms with van der Waals surface area (Å²) in [5.41, 5.74) is 0.997. The average Bonchev–Trinajstić information content (AvgIpc) is 3.15. The van der Waals surface area contributed by atoms with E-state index in [1.54, 1.807) is 48.4 Å². The molecule has 0 radical (unpaired) electrons. The number of ether oxygens (including phenoxy) is 1. The van der Waals surface area contributed by atoms with Crippen molar-refractivity contribution in [2.75, 3.05) is 38.7 Å². The number of nitrogens with zero attached hydrogens (tertiary/aromatic N) is 3. The first kappa shape index (κ1) is 21.0. The zero-order valence-corrected chi connectivity index (χ0v) is 17.0. The Morgan fingerprint density at radius 3 is 2.93 bits per heavy atom. The lowest BCUT2D eigenvalue weighted by molar-refractivity contribution is -0.127. The van der Waals surface area contributed by atoms with Crippen molar-refractivity contribution in [1.29, 1.82) is 0 Å². The highest BCUT2D eigenvalue weighted by molar-refractivity contribution is 6.33. The van der Waals surface area contributed by atoms with E-state index in [9.17, 15) is 9.59 Å². The van der Waals surface area contributed by atoms with Crippen LogP contribution in [0.5, 0.6) is 0 Å². The third-order valence-corrected chi connectivity index (χ3v) is 4.87. The fourth-order valence-corrected chi connectivity index (χ4v) is 3.19. The third-order valence-electron chi connectivity index (χ3n) is 4.54. The Hall–Kier alpha value is -2.68. The van der Waals surface area contributed by atoms with Crippen molar-refractivity contribution in [3.63, 3.8) is 0 Å². The zero-order chi connectivity index (χ0) is 20.6. The highest BCUT2D eigenvalue weighted by atomic mass is 35.5. The molecule has 8 nitrogen and oxygen atoms in total. The predicted molar refractivity (Wildman–Crippen MR) is 111 cm³/mol. The van der Waals surface area contributed by atoms with Gasteiger partial charge in [-0.05, 0) is 12.1 Å². The highest BCUT2D eigenvalue weighted by Crippen LogP contribution is 2.22. The van der Waals surface area contributed by atoms with Gasteiger partial charge in [-0.15, -0.1) is 0 Å². The number of carbonyl (C=O) groups is 2. The average molecular weight is 418 g/mol. The summed E-state index contributed by atoms with van der Waals surface area (Å²) in [5, 5.41) is 6.43. The van der Waals surface area contributed by atoms with Crippen LogP contribution in [0.1, 0.15) is 16.3 Å². The number of benzene rings is 1. The Balaban J connectivity index is 1.58. The van der Waals surface area contributed by atoms with Gasteiger partial charge in [-0.25, -0.2) is 4.98 Å². The first-order valence-electron chi connectivity index (χ1n) is 9.35. The van der Waals surface area contributed by atoms with Crippen molar-refractivity contribution in [1.82, 2.24) is 19.8 Å². The molecule has 3 rings (SSSR count). The number of halogens is 1. The lowest BCUT2D eigenvalue weighted by Gasteiger charge is -2.27. The van der Waals surface area contributed by atoms with Gasteiger partial charge in [0.05, 0.1) is 30.1 Å². The molecule has 1 aromatic carbocycles. The molecular weight excluding hydrogens is 394 g/mol. The van der Waals surface area contributed by atoms with Gasteiger partial charge in [0.15, 0.2) is 0 Å². The number of carbonyl (C=O) groups excluding carboxylic acids is 2. The van der Waals surface area contributed by atoms with Crippen LogP contribution < -0.4 is 10.6 Å². The quantitative estimate of drug-likeness (QED) is 0.506. The van der Waals surface area contributed by atoms with Crippen molar-refractivity contribution in [3.8, 4) is 0 Å². The van der Waals surface area contributed by atoms with Crippen LogP contribution in [0.25, 0.3) is 0 Å². The molecule has 0 fully saturated rings. The summed E-state index contributed by atoms with van der Waals surface area (Å²) in [4.78, 5) is 31.0. The molecule has 0 saturated carbocycles. The molecule has 9 heteroatoms. The number of methoxy groups -OCH3 is 1. The molecule has 0 atom stereocenters. The van der Waals surface area contributed by atoms with Crippen molar-refractivity contribution in [2.45, 2.75) is 13.1 Å². The number of anilines is 1. The first-order valence-corrected chi connectivity index (χ1v) is 9.73. The maximum Gasteiger partial charge on any atom is 0.273 e. The van der Waals surface area contributed by atoms with E-state index in [2.05, 4.69) is 15.6 Å². The second-order valence-electron chi connectivity index (χ2n) is 6.50. The monoisotopic (exact) mass is 417 g/mol. The molecule has 0 bridgehead atoms. The summed E-state index contributed by atoms with van der Waals surface area (Å²) in [6.45, 7) is 3.34. The van der Waals surface area contributed by atoms with E-state index in [0.717, 1.165) is 6.54 Å². The van der Waals surface area contributed by atoms with E-state index >= 15 is 0 Å². The van der Waals surface area contributed by atoms with Gasteiger partial charge in [0.25, 0.3) is 5.91 Å². The fraction of sp³-hybridized carbons (Fsp3) is 0.350. The summed E-state index contributed by atoms with van der Waals surface area (Å²) in [7, 11) is 1.65. The first-order chi connectivity index (χ1) is 14.1. The molecule has 29 heavy (non-hydrogen) atoms.